The molecule has 0 unspecified atom stereocenters. The third kappa shape index (κ3) is 2.73. The predicted octanol–water partition coefficient (Wildman–Crippen LogP) is 1.94. The van der Waals surface area contributed by atoms with Crippen LogP contribution in [0.5, 0.6) is 0 Å². The summed E-state index contributed by atoms with van der Waals surface area (Å²) in [6.07, 6.45) is -0.470. The number of ketones is 2. The largest absolute Gasteiger partial charge is 0.296 e. The minimum Gasteiger partial charge on any atom is -0.296 e. The number of hydrogen-bond donors (Lipinski definition) is 0. The molecule has 0 saturated carbocycles. The van der Waals surface area contributed by atoms with Crippen LogP contribution in [0.25, 0.3) is 0 Å². The molecule has 0 aliphatic rings. The Morgan fingerprint density at radius 3 is 2.21 bits per heavy atom. The van der Waals surface area contributed by atoms with Crippen LogP contribution in [-0.2, 0) is 4.79 Å². The molecule has 0 heterocycles. The molecule has 0 radical (unpaired) electrons. The lowest BCUT2D eigenvalue weighted by molar-refractivity contribution is -0.119. The second-order valence-corrected chi connectivity index (χ2v) is 2.78. The first-order valence-electron chi connectivity index (χ1n) is 4.00. The fourth-order valence-corrected chi connectivity index (χ4v) is 0.964. The summed E-state index contributed by atoms with van der Waals surface area (Å²) in [6, 6.07) is 4.77. The Bertz CT molecular complexity index is 344. The molecule has 4 heteroatoms. The fourth-order valence-electron chi connectivity index (χ4n) is 0.964. The Labute approximate surface area is 79.5 Å². The van der Waals surface area contributed by atoms with Gasteiger partial charge in [0.25, 0.3) is 0 Å². The van der Waals surface area contributed by atoms with Gasteiger partial charge in [-0.2, -0.15) is 0 Å². The van der Waals surface area contributed by atoms with Crippen LogP contribution in [0, 0.1) is 5.82 Å². The summed E-state index contributed by atoms with van der Waals surface area (Å²) in [4.78, 5) is 21.8. The summed E-state index contributed by atoms with van der Waals surface area (Å²) in [7, 11) is 0. The first-order valence-corrected chi connectivity index (χ1v) is 4.00. The average Bonchev–Trinajstić information content (AvgIpc) is 2.18. The molecule has 74 valence electrons. The number of carbonyl (C=O) groups excluding carboxylic acids is 2. The molecule has 0 atom stereocenters. The van der Waals surface area contributed by atoms with Gasteiger partial charge in [0.05, 0.1) is 6.42 Å². The fraction of sp³-hybridized carbons (Fsp3) is 0.200. The molecule has 0 saturated heterocycles. The zero-order valence-electron chi connectivity index (χ0n) is 7.30. The molecule has 0 N–H and O–H groups in total. The van der Waals surface area contributed by atoms with Gasteiger partial charge in [0, 0.05) is 5.56 Å². The molecule has 1 rings (SSSR count). The number of carbonyl (C=O) groups is 2. The summed E-state index contributed by atoms with van der Waals surface area (Å²) in [5.41, 5.74) is 0.216. The van der Waals surface area contributed by atoms with Crippen LogP contribution in [0.3, 0.4) is 0 Å². The van der Waals surface area contributed by atoms with E-state index in [9.17, 15) is 18.4 Å². The molecule has 2 nitrogen and oxygen atoms in total. The molecular formula is C10H8F2O2. The number of alkyl halides is 1. The van der Waals surface area contributed by atoms with Crippen molar-refractivity contribution in [2.24, 2.45) is 0 Å². The highest BCUT2D eigenvalue weighted by Crippen LogP contribution is 2.06. The van der Waals surface area contributed by atoms with Crippen molar-refractivity contribution in [2.45, 2.75) is 6.42 Å². The molecule has 0 spiro atoms. The van der Waals surface area contributed by atoms with Crippen molar-refractivity contribution in [3.63, 3.8) is 0 Å². The highest BCUT2D eigenvalue weighted by molar-refractivity contribution is 6.08. The van der Waals surface area contributed by atoms with Crippen LogP contribution >= 0.6 is 0 Å². The second-order valence-electron chi connectivity index (χ2n) is 2.78. The molecule has 0 aliphatic carbocycles. The van der Waals surface area contributed by atoms with Gasteiger partial charge < -0.3 is 0 Å². The Morgan fingerprint density at radius 1 is 1.14 bits per heavy atom. The SMILES string of the molecule is O=C(CF)CC(=O)c1ccc(F)cc1. The lowest BCUT2D eigenvalue weighted by Gasteiger charge is -1.97. The van der Waals surface area contributed by atoms with Crippen LogP contribution in [0.1, 0.15) is 16.8 Å². The van der Waals surface area contributed by atoms with E-state index in [-0.39, 0.29) is 5.56 Å². The summed E-state index contributed by atoms with van der Waals surface area (Å²) in [6.45, 7) is -1.15. The molecule has 1 aromatic rings. The summed E-state index contributed by atoms with van der Waals surface area (Å²) in [5, 5.41) is 0. The van der Waals surface area contributed by atoms with E-state index in [1.807, 2.05) is 0 Å². The van der Waals surface area contributed by atoms with Gasteiger partial charge in [0.1, 0.15) is 12.5 Å². The number of rotatable bonds is 4. The van der Waals surface area contributed by atoms with Crippen LogP contribution < -0.4 is 0 Å². The quantitative estimate of drug-likeness (QED) is 0.547. The third-order valence-corrected chi connectivity index (χ3v) is 1.67. The van der Waals surface area contributed by atoms with Crippen LogP contribution in [0.4, 0.5) is 8.78 Å². The van der Waals surface area contributed by atoms with E-state index < -0.39 is 30.5 Å². The van der Waals surface area contributed by atoms with Crippen molar-refractivity contribution in [3.8, 4) is 0 Å². The maximum atomic E-state index is 12.4. The molecule has 0 amide bonds. The maximum absolute atomic E-state index is 12.4. The first-order chi connectivity index (χ1) is 6.63. The van der Waals surface area contributed by atoms with Gasteiger partial charge >= 0.3 is 0 Å². The summed E-state index contributed by atoms with van der Waals surface area (Å²) >= 11 is 0. The van der Waals surface area contributed by atoms with Gasteiger partial charge in [0.15, 0.2) is 11.6 Å². The smallest absolute Gasteiger partial charge is 0.171 e. The number of Topliss-reactive ketones (excluding diaryl/α,β-unsaturated/α-hetero) is 2. The Balaban J connectivity index is 2.70. The van der Waals surface area contributed by atoms with E-state index in [4.69, 9.17) is 0 Å². The summed E-state index contributed by atoms with van der Waals surface area (Å²) < 4.78 is 24.2. The third-order valence-electron chi connectivity index (χ3n) is 1.67. The van der Waals surface area contributed by atoms with Gasteiger partial charge in [-0.25, -0.2) is 8.78 Å². The van der Waals surface area contributed by atoms with Crippen molar-refractivity contribution in [3.05, 3.63) is 35.6 Å². The molecule has 0 aromatic heterocycles. The van der Waals surface area contributed by atoms with Crippen LogP contribution in [0.2, 0.25) is 0 Å². The van der Waals surface area contributed by atoms with Crippen molar-refractivity contribution >= 4 is 11.6 Å². The normalized spacial score (nSPS) is 9.86. The molecular weight excluding hydrogens is 190 g/mol. The van der Waals surface area contributed by atoms with E-state index in [0.29, 0.717) is 0 Å². The zero-order valence-corrected chi connectivity index (χ0v) is 7.30. The molecule has 0 aliphatic heterocycles. The minimum atomic E-state index is -1.15. The standard InChI is InChI=1S/C10H8F2O2/c11-6-9(13)5-10(14)7-1-3-8(12)4-2-7/h1-4H,5-6H2. The zero-order chi connectivity index (χ0) is 10.6. The van der Waals surface area contributed by atoms with Crippen molar-refractivity contribution in [2.75, 3.05) is 6.67 Å². The lowest BCUT2D eigenvalue weighted by Crippen LogP contribution is -2.09. The predicted molar refractivity (Wildman–Crippen MR) is 46.3 cm³/mol. The van der Waals surface area contributed by atoms with E-state index >= 15 is 0 Å². The van der Waals surface area contributed by atoms with Gasteiger partial charge in [-0.15, -0.1) is 0 Å². The molecule has 0 bridgehead atoms. The van der Waals surface area contributed by atoms with E-state index in [2.05, 4.69) is 0 Å². The van der Waals surface area contributed by atoms with E-state index in [1.165, 1.54) is 12.1 Å². The van der Waals surface area contributed by atoms with Crippen molar-refractivity contribution < 1.29 is 18.4 Å². The molecule has 0 fully saturated rings. The number of benzene rings is 1. The Hall–Kier alpha value is -1.58. The van der Waals surface area contributed by atoms with Gasteiger partial charge in [-0.3, -0.25) is 9.59 Å². The number of hydrogen-bond acceptors (Lipinski definition) is 2. The van der Waals surface area contributed by atoms with Crippen LogP contribution in [-0.4, -0.2) is 18.2 Å². The summed E-state index contributed by atoms with van der Waals surface area (Å²) in [5.74, 6) is -1.72. The minimum absolute atomic E-state index is 0.216. The van der Waals surface area contributed by atoms with Crippen molar-refractivity contribution in [1.29, 1.82) is 0 Å². The Kier molecular flexibility index (Phi) is 3.45. The topological polar surface area (TPSA) is 34.1 Å². The van der Waals surface area contributed by atoms with Gasteiger partial charge in [0.2, 0.25) is 0 Å². The second kappa shape index (κ2) is 4.60. The van der Waals surface area contributed by atoms with Gasteiger partial charge in [-0.05, 0) is 24.3 Å². The molecule has 14 heavy (non-hydrogen) atoms. The van der Waals surface area contributed by atoms with Gasteiger partial charge in [-0.1, -0.05) is 0 Å². The molecule has 1 aromatic carbocycles. The highest BCUT2D eigenvalue weighted by Gasteiger charge is 2.11. The Morgan fingerprint density at radius 2 is 1.71 bits per heavy atom. The average molecular weight is 198 g/mol. The first kappa shape index (κ1) is 10.5. The van der Waals surface area contributed by atoms with Crippen LogP contribution in [0.15, 0.2) is 24.3 Å². The monoisotopic (exact) mass is 198 g/mol. The highest BCUT2D eigenvalue weighted by atomic mass is 19.1. The van der Waals surface area contributed by atoms with Crippen molar-refractivity contribution in [1.82, 2.24) is 0 Å². The maximum Gasteiger partial charge on any atom is 0.171 e. The lowest BCUT2D eigenvalue weighted by atomic mass is 10.1. The number of halogens is 2. The van der Waals surface area contributed by atoms with E-state index in [0.717, 1.165) is 12.1 Å². The van der Waals surface area contributed by atoms with E-state index in [1.54, 1.807) is 0 Å².